The van der Waals surface area contributed by atoms with E-state index >= 15 is 0 Å². The quantitative estimate of drug-likeness (QED) is 0.828. The SMILES string of the molecule is Nc1ccc(CSCc2ccco2)c(F)c1. The molecule has 1 aromatic carbocycles. The highest BCUT2D eigenvalue weighted by Crippen LogP contribution is 2.21. The van der Waals surface area contributed by atoms with Crippen LogP contribution in [-0.2, 0) is 11.5 Å². The molecule has 0 atom stereocenters. The van der Waals surface area contributed by atoms with Crippen molar-refractivity contribution in [3.63, 3.8) is 0 Å². The van der Waals surface area contributed by atoms with Crippen molar-refractivity contribution in [2.75, 3.05) is 5.73 Å². The molecule has 0 radical (unpaired) electrons. The fraction of sp³-hybridized carbons (Fsp3) is 0.167. The normalized spacial score (nSPS) is 10.6. The summed E-state index contributed by atoms with van der Waals surface area (Å²) in [7, 11) is 0. The van der Waals surface area contributed by atoms with Gasteiger partial charge in [-0.15, -0.1) is 11.8 Å². The molecule has 0 aliphatic heterocycles. The van der Waals surface area contributed by atoms with Gasteiger partial charge in [0, 0.05) is 11.4 Å². The van der Waals surface area contributed by atoms with E-state index in [1.165, 1.54) is 6.07 Å². The van der Waals surface area contributed by atoms with Crippen LogP contribution in [0, 0.1) is 5.82 Å². The maximum Gasteiger partial charge on any atom is 0.129 e. The Labute approximate surface area is 97.6 Å². The van der Waals surface area contributed by atoms with E-state index in [2.05, 4.69) is 0 Å². The summed E-state index contributed by atoms with van der Waals surface area (Å²) in [5, 5.41) is 0. The molecular formula is C12H12FNOS. The van der Waals surface area contributed by atoms with Crippen LogP contribution in [0.25, 0.3) is 0 Å². The molecule has 0 bridgehead atoms. The Hall–Kier alpha value is -1.42. The summed E-state index contributed by atoms with van der Waals surface area (Å²) in [4.78, 5) is 0. The van der Waals surface area contributed by atoms with Crippen molar-refractivity contribution in [2.45, 2.75) is 11.5 Å². The number of rotatable bonds is 4. The maximum atomic E-state index is 13.4. The number of anilines is 1. The Balaban J connectivity index is 1.90. The molecule has 0 spiro atoms. The molecule has 16 heavy (non-hydrogen) atoms. The fourth-order valence-corrected chi connectivity index (χ4v) is 2.26. The summed E-state index contributed by atoms with van der Waals surface area (Å²) in [6, 6.07) is 8.54. The van der Waals surface area contributed by atoms with Gasteiger partial charge in [-0.2, -0.15) is 0 Å². The number of benzene rings is 1. The number of furan rings is 1. The average molecular weight is 237 g/mol. The van der Waals surface area contributed by atoms with Gasteiger partial charge in [0.15, 0.2) is 0 Å². The van der Waals surface area contributed by atoms with Crippen LogP contribution in [0.5, 0.6) is 0 Å². The molecule has 2 nitrogen and oxygen atoms in total. The first-order valence-corrected chi connectivity index (χ1v) is 6.05. The second-order valence-electron chi connectivity index (χ2n) is 3.42. The molecule has 0 aliphatic rings. The van der Waals surface area contributed by atoms with E-state index in [-0.39, 0.29) is 5.82 Å². The number of hydrogen-bond donors (Lipinski definition) is 1. The van der Waals surface area contributed by atoms with Crippen molar-refractivity contribution in [2.24, 2.45) is 0 Å². The van der Waals surface area contributed by atoms with Gasteiger partial charge in [-0.25, -0.2) is 4.39 Å². The molecule has 4 heteroatoms. The number of halogens is 1. The number of hydrogen-bond acceptors (Lipinski definition) is 3. The van der Waals surface area contributed by atoms with Crippen LogP contribution >= 0.6 is 11.8 Å². The zero-order valence-electron chi connectivity index (χ0n) is 8.65. The Morgan fingerprint density at radius 3 is 2.81 bits per heavy atom. The van der Waals surface area contributed by atoms with Crippen LogP contribution in [0.1, 0.15) is 11.3 Å². The Bertz CT molecular complexity index is 456. The first-order chi connectivity index (χ1) is 7.75. The Morgan fingerprint density at radius 1 is 1.25 bits per heavy atom. The van der Waals surface area contributed by atoms with Gasteiger partial charge in [0.25, 0.3) is 0 Å². The lowest BCUT2D eigenvalue weighted by atomic mass is 10.2. The van der Waals surface area contributed by atoms with Gasteiger partial charge in [-0.1, -0.05) is 6.07 Å². The highest BCUT2D eigenvalue weighted by atomic mass is 32.2. The highest BCUT2D eigenvalue weighted by Gasteiger charge is 2.03. The van der Waals surface area contributed by atoms with Gasteiger partial charge in [0.05, 0.1) is 12.0 Å². The lowest BCUT2D eigenvalue weighted by Gasteiger charge is -2.03. The zero-order valence-corrected chi connectivity index (χ0v) is 9.47. The molecule has 0 saturated carbocycles. The van der Waals surface area contributed by atoms with Crippen LogP contribution in [-0.4, -0.2) is 0 Å². The van der Waals surface area contributed by atoms with E-state index in [0.717, 1.165) is 11.5 Å². The summed E-state index contributed by atoms with van der Waals surface area (Å²) < 4.78 is 18.6. The highest BCUT2D eigenvalue weighted by molar-refractivity contribution is 7.97. The van der Waals surface area contributed by atoms with Gasteiger partial charge >= 0.3 is 0 Å². The van der Waals surface area contributed by atoms with Gasteiger partial charge in [0.1, 0.15) is 11.6 Å². The summed E-state index contributed by atoms with van der Waals surface area (Å²) in [6.45, 7) is 0. The third-order valence-corrected chi connectivity index (χ3v) is 3.16. The van der Waals surface area contributed by atoms with Gasteiger partial charge in [-0.05, 0) is 29.8 Å². The average Bonchev–Trinajstić information content (AvgIpc) is 2.74. The minimum atomic E-state index is -0.244. The summed E-state index contributed by atoms with van der Waals surface area (Å²) in [5.41, 5.74) is 6.60. The smallest absolute Gasteiger partial charge is 0.129 e. The summed E-state index contributed by atoms with van der Waals surface area (Å²) in [6.07, 6.45) is 1.64. The first kappa shape index (κ1) is 11.1. The van der Waals surface area contributed by atoms with Crippen molar-refractivity contribution < 1.29 is 8.81 Å². The molecular weight excluding hydrogens is 225 g/mol. The summed E-state index contributed by atoms with van der Waals surface area (Å²) >= 11 is 1.61. The minimum absolute atomic E-state index is 0.244. The fourth-order valence-electron chi connectivity index (χ4n) is 1.34. The molecule has 0 fully saturated rings. The Morgan fingerprint density at radius 2 is 2.12 bits per heavy atom. The predicted molar refractivity (Wildman–Crippen MR) is 64.5 cm³/mol. The third-order valence-electron chi connectivity index (χ3n) is 2.16. The van der Waals surface area contributed by atoms with Crippen molar-refractivity contribution in [3.05, 3.63) is 53.7 Å². The monoisotopic (exact) mass is 237 g/mol. The molecule has 2 N–H and O–H groups in total. The molecule has 0 aliphatic carbocycles. The largest absolute Gasteiger partial charge is 0.468 e. The second-order valence-corrected chi connectivity index (χ2v) is 4.41. The molecule has 2 aromatic rings. The van der Waals surface area contributed by atoms with Crippen LogP contribution in [0.3, 0.4) is 0 Å². The molecule has 1 aromatic heterocycles. The molecule has 1 heterocycles. The van der Waals surface area contributed by atoms with Crippen molar-refractivity contribution in [3.8, 4) is 0 Å². The van der Waals surface area contributed by atoms with E-state index in [0.29, 0.717) is 17.0 Å². The minimum Gasteiger partial charge on any atom is -0.468 e. The Kier molecular flexibility index (Phi) is 3.51. The maximum absolute atomic E-state index is 13.4. The van der Waals surface area contributed by atoms with Crippen LogP contribution in [0.2, 0.25) is 0 Å². The van der Waals surface area contributed by atoms with E-state index in [9.17, 15) is 4.39 Å². The molecule has 0 saturated heterocycles. The van der Waals surface area contributed by atoms with Crippen LogP contribution in [0.15, 0.2) is 41.0 Å². The zero-order chi connectivity index (χ0) is 11.4. The van der Waals surface area contributed by atoms with E-state index in [1.807, 2.05) is 12.1 Å². The molecule has 0 unspecified atom stereocenters. The summed E-state index contributed by atoms with van der Waals surface area (Å²) in [5.74, 6) is 2.02. The van der Waals surface area contributed by atoms with Crippen molar-refractivity contribution in [1.82, 2.24) is 0 Å². The first-order valence-electron chi connectivity index (χ1n) is 4.90. The lowest BCUT2D eigenvalue weighted by molar-refractivity contribution is 0.530. The van der Waals surface area contributed by atoms with Crippen LogP contribution in [0.4, 0.5) is 10.1 Å². The van der Waals surface area contributed by atoms with Gasteiger partial charge < -0.3 is 10.2 Å². The molecule has 2 rings (SSSR count). The van der Waals surface area contributed by atoms with E-state index in [1.54, 1.807) is 30.2 Å². The second kappa shape index (κ2) is 5.07. The topological polar surface area (TPSA) is 39.2 Å². The van der Waals surface area contributed by atoms with Gasteiger partial charge in [-0.3, -0.25) is 0 Å². The standard InChI is InChI=1S/C12H12FNOS/c13-12-6-10(14)4-3-9(12)7-16-8-11-2-1-5-15-11/h1-6H,7-8,14H2. The third kappa shape index (κ3) is 2.79. The van der Waals surface area contributed by atoms with Gasteiger partial charge in [0.2, 0.25) is 0 Å². The lowest BCUT2D eigenvalue weighted by Crippen LogP contribution is -1.91. The van der Waals surface area contributed by atoms with Crippen molar-refractivity contribution in [1.29, 1.82) is 0 Å². The molecule has 84 valence electrons. The molecule has 0 amide bonds. The number of nitrogen functional groups attached to an aromatic ring is 1. The predicted octanol–water partition coefficient (Wildman–Crippen LogP) is 3.43. The van der Waals surface area contributed by atoms with E-state index < -0.39 is 0 Å². The number of thioether (sulfide) groups is 1. The number of nitrogens with two attached hydrogens (primary N) is 1. The van der Waals surface area contributed by atoms with Crippen molar-refractivity contribution >= 4 is 17.4 Å². The van der Waals surface area contributed by atoms with E-state index in [4.69, 9.17) is 10.2 Å². The van der Waals surface area contributed by atoms with Crippen LogP contribution < -0.4 is 5.73 Å².